The maximum absolute atomic E-state index is 9.65. The Morgan fingerprint density at radius 1 is 1.40 bits per heavy atom. The molecule has 80 valence electrons. The summed E-state index contributed by atoms with van der Waals surface area (Å²) in [6.45, 7) is 2.25. The lowest BCUT2D eigenvalue weighted by molar-refractivity contribution is 0.157. The summed E-state index contributed by atoms with van der Waals surface area (Å²) in [7, 11) is 0. The average molecular weight is 205 g/mol. The van der Waals surface area contributed by atoms with Crippen LogP contribution >= 0.6 is 0 Å². The molecule has 15 heavy (non-hydrogen) atoms. The van der Waals surface area contributed by atoms with Gasteiger partial charge < -0.3 is 15.3 Å². The van der Waals surface area contributed by atoms with E-state index in [-0.39, 0.29) is 12.5 Å². The number of hydrogen-bond acceptors (Lipinski definition) is 3. The molecule has 0 amide bonds. The Bertz CT molecular complexity index is 450. The first-order valence-corrected chi connectivity index (χ1v) is 5.07. The molecule has 2 rings (SSSR count). The topological polar surface area (TPSA) is 59.4 Å². The van der Waals surface area contributed by atoms with E-state index in [4.69, 9.17) is 10.2 Å². The molecule has 3 heteroatoms. The van der Waals surface area contributed by atoms with E-state index in [2.05, 4.69) is 0 Å². The van der Waals surface area contributed by atoms with Gasteiger partial charge in [-0.15, -0.1) is 0 Å². The highest BCUT2D eigenvalue weighted by Gasteiger charge is 2.14. The largest absolute Gasteiger partial charge is 0.464 e. The number of fused-ring (bicyclic) bond motifs is 1. The van der Waals surface area contributed by atoms with E-state index >= 15 is 0 Å². The van der Waals surface area contributed by atoms with E-state index in [0.717, 1.165) is 16.5 Å². The van der Waals surface area contributed by atoms with Crippen LogP contribution in [0.5, 0.6) is 0 Å². The summed E-state index contributed by atoms with van der Waals surface area (Å²) in [4.78, 5) is 0. The number of furan rings is 1. The van der Waals surface area contributed by atoms with Gasteiger partial charge in [-0.25, -0.2) is 0 Å². The van der Waals surface area contributed by atoms with Crippen LogP contribution in [0.2, 0.25) is 0 Å². The summed E-state index contributed by atoms with van der Waals surface area (Å²) in [5.41, 5.74) is 7.39. The first kappa shape index (κ1) is 10.2. The van der Waals surface area contributed by atoms with E-state index in [1.54, 1.807) is 6.26 Å². The zero-order valence-electron chi connectivity index (χ0n) is 8.68. The van der Waals surface area contributed by atoms with Crippen LogP contribution in [0.1, 0.15) is 18.4 Å². The SMILES string of the molecule is CC(c1ccc2occc2c1)C(O)CN. The lowest BCUT2D eigenvalue weighted by Gasteiger charge is -2.17. The highest BCUT2D eigenvalue weighted by Crippen LogP contribution is 2.24. The third-order valence-corrected chi connectivity index (χ3v) is 2.82. The molecule has 0 radical (unpaired) electrons. The van der Waals surface area contributed by atoms with Crippen LogP contribution in [-0.4, -0.2) is 17.8 Å². The summed E-state index contributed by atoms with van der Waals surface area (Å²) < 4.78 is 5.25. The van der Waals surface area contributed by atoms with Gasteiger partial charge in [-0.2, -0.15) is 0 Å². The van der Waals surface area contributed by atoms with Gasteiger partial charge >= 0.3 is 0 Å². The number of aliphatic hydroxyl groups is 1. The smallest absolute Gasteiger partial charge is 0.133 e. The molecule has 1 aromatic carbocycles. The van der Waals surface area contributed by atoms with Crippen LogP contribution in [0.4, 0.5) is 0 Å². The van der Waals surface area contributed by atoms with Crippen LogP contribution in [0.3, 0.4) is 0 Å². The molecule has 3 N–H and O–H groups in total. The van der Waals surface area contributed by atoms with Crippen molar-refractivity contribution in [2.45, 2.75) is 18.9 Å². The van der Waals surface area contributed by atoms with Gasteiger partial charge in [0.25, 0.3) is 0 Å². The summed E-state index contributed by atoms with van der Waals surface area (Å²) >= 11 is 0. The van der Waals surface area contributed by atoms with Gasteiger partial charge in [0.05, 0.1) is 12.4 Å². The van der Waals surface area contributed by atoms with Crippen molar-refractivity contribution < 1.29 is 9.52 Å². The Morgan fingerprint density at radius 2 is 2.20 bits per heavy atom. The number of hydrogen-bond donors (Lipinski definition) is 2. The van der Waals surface area contributed by atoms with E-state index in [0.29, 0.717) is 0 Å². The number of benzene rings is 1. The minimum atomic E-state index is -0.491. The summed E-state index contributed by atoms with van der Waals surface area (Å²) in [5, 5.41) is 10.7. The van der Waals surface area contributed by atoms with Crippen molar-refractivity contribution in [2.24, 2.45) is 5.73 Å². The van der Waals surface area contributed by atoms with E-state index < -0.39 is 6.10 Å². The first-order valence-electron chi connectivity index (χ1n) is 5.07. The minimum Gasteiger partial charge on any atom is -0.464 e. The molecule has 0 saturated heterocycles. The Labute approximate surface area is 88.5 Å². The van der Waals surface area contributed by atoms with Crippen LogP contribution in [0, 0.1) is 0 Å². The lowest BCUT2D eigenvalue weighted by atomic mass is 9.94. The fourth-order valence-corrected chi connectivity index (χ4v) is 1.69. The lowest BCUT2D eigenvalue weighted by Crippen LogP contribution is -2.25. The summed E-state index contributed by atoms with van der Waals surface area (Å²) in [5.74, 6) is 0.0503. The number of rotatable bonds is 3. The third kappa shape index (κ3) is 1.89. The molecular formula is C12H15NO2. The highest BCUT2D eigenvalue weighted by atomic mass is 16.3. The molecule has 1 heterocycles. The Morgan fingerprint density at radius 3 is 2.93 bits per heavy atom. The van der Waals surface area contributed by atoms with Crippen molar-refractivity contribution in [1.29, 1.82) is 0 Å². The molecule has 2 atom stereocenters. The van der Waals surface area contributed by atoms with Crippen molar-refractivity contribution in [2.75, 3.05) is 6.54 Å². The van der Waals surface area contributed by atoms with Crippen molar-refractivity contribution in [3.05, 3.63) is 36.1 Å². The van der Waals surface area contributed by atoms with E-state index in [9.17, 15) is 5.11 Å². The summed E-state index contributed by atoms with van der Waals surface area (Å²) in [6, 6.07) is 7.84. The van der Waals surface area contributed by atoms with Crippen LogP contribution < -0.4 is 5.73 Å². The normalized spacial score (nSPS) is 15.4. The molecule has 2 unspecified atom stereocenters. The second-order valence-electron chi connectivity index (χ2n) is 3.81. The molecule has 0 fully saturated rings. The Hall–Kier alpha value is -1.32. The van der Waals surface area contributed by atoms with Crippen molar-refractivity contribution in [3.8, 4) is 0 Å². The zero-order valence-corrected chi connectivity index (χ0v) is 8.68. The van der Waals surface area contributed by atoms with Gasteiger partial charge in [0, 0.05) is 17.8 Å². The third-order valence-electron chi connectivity index (χ3n) is 2.82. The highest BCUT2D eigenvalue weighted by molar-refractivity contribution is 5.77. The molecule has 0 aliphatic heterocycles. The molecule has 1 aromatic heterocycles. The molecule has 0 aliphatic rings. The molecule has 3 nitrogen and oxygen atoms in total. The van der Waals surface area contributed by atoms with Gasteiger partial charge in [-0.3, -0.25) is 0 Å². The fraction of sp³-hybridized carbons (Fsp3) is 0.333. The van der Waals surface area contributed by atoms with Crippen molar-refractivity contribution in [1.82, 2.24) is 0 Å². The van der Waals surface area contributed by atoms with Crippen LogP contribution in [-0.2, 0) is 0 Å². The van der Waals surface area contributed by atoms with Gasteiger partial charge in [0.15, 0.2) is 0 Å². The quantitative estimate of drug-likeness (QED) is 0.804. The molecule has 0 bridgehead atoms. The predicted octanol–water partition coefficient (Wildman–Crippen LogP) is 1.86. The standard InChI is InChI=1S/C12H15NO2/c1-8(11(14)7-13)9-2-3-12-10(6-9)4-5-15-12/h2-6,8,11,14H,7,13H2,1H3. The molecule has 0 spiro atoms. The molecule has 0 saturated carbocycles. The molecule has 0 aliphatic carbocycles. The maximum atomic E-state index is 9.65. The van der Waals surface area contributed by atoms with Gasteiger partial charge in [0.1, 0.15) is 5.58 Å². The summed E-state index contributed by atoms with van der Waals surface area (Å²) in [6.07, 6.45) is 1.17. The second kappa shape index (κ2) is 4.04. The van der Waals surface area contributed by atoms with E-state index in [1.807, 2.05) is 31.2 Å². The second-order valence-corrected chi connectivity index (χ2v) is 3.81. The van der Waals surface area contributed by atoms with Gasteiger partial charge in [-0.1, -0.05) is 13.0 Å². The van der Waals surface area contributed by atoms with Crippen molar-refractivity contribution in [3.63, 3.8) is 0 Å². The zero-order chi connectivity index (χ0) is 10.8. The average Bonchev–Trinajstić information content (AvgIpc) is 2.73. The van der Waals surface area contributed by atoms with Crippen LogP contribution in [0.25, 0.3) is 11.0 Å². The van der Waals surface area contributed by atoms with Gasteiger partial charge in [-0.05, 0) is 23.8 Å². The minimum absolute atomic E-state index is 0.0503. The predicted molar refractivity (Wildman–Crippen MR) is 59.7 cm³/mol. The fourth-order valence-electron chi connectivity index (χ4n) is 1.69. The van der Waals surface area contributed by atoms with E-state index in [1.165, 1.54) is 0 Å². The molecule has 2 aromatic rings. The number of aliphatic hydroxyl groups excluding tert-OH is 1. The Kier molecular flexibility index (Phi) is 2.75. The first-order chi connectivity index (χ1) is 7.22. The maximum Gasteiger partial charge on any atom is 0.133 e. The monoisotopic (exact) mass is 205 g/mol. The Balaban J connectivity index is 2.35. The molecular weight excluding hydrogens is 190 g/mol. The number of nitrogens with two attached hydrogens (primary N) is 1. The van der Waals surface area contributed by atoms with Crippen LogP contribution in [0.15, 0.2) is 34.9 Å². The van der Waals surface area contributed by atoms with Gasteiger partial charge in [0.2, 0.25) is 0 Å². The van der Waals surface area contributed by atoms with Crippen molar-refractivity contribution >= 4 is 11.0 Å².